The standard InChI is InChI=1S/C15H15N3O4/c1-8-7-12(19)13(15(21)22-8)9(2)17-18-14(20)10-5-3-4-6-11(10)16/h3-7,19H,16H2,1-2H3,(H,18,20)/b17-9+. The first-order valence-corrected chi connectivity index (χ1v) is 6.43. The monoisotopic (exact) mass is 301 g/mol. The van der Waals surface area contributed by atoms with Gasteiger partial charge >= 0.3 is 5.63 Å². The summed E-state index contributed by atoms with van der Waals surface area (Å²) in [6.07, 6.45) is 0. The minimum Gasteiger partial charge on any atom is -0.507 e. The second kappa shape index (κ2) is 6.13. The zero-order valence-corrected chi connectivity index (χ0v) is 12.1. The largest absolute Gasteiger partial charge is 0.507 e. The van der Waals surface area contributed by atoms with Crippen molar-refractivity contribution in [2.45, 2.75) is 13.8 Å². The number of nitrogens with one attached hydrogen (secondary N) is 1. The number of carbonyl (C=O) groups excluding carboxylic acids is 1. The molecule has 0 atom stereocenters. The Bertz CT molecular complexity index is 809. The molecule has 1 aromatic heterocycles. The highest BCUT2D eigenvalue weighted by Crippen LogP contribution is 2.15. The lowest BCUT2D eigenvalue weighted by Gasteiger charge is -2.06. The van der Waals surface area contributed by atoms with Gasteiger partial charge < -0.3 is 15.3 Å². The molecule has 1 heterocycles. The van der Waals surface area contributed by atoms with Crippen molar-refractivity contribution >= 4 is 17.3 Å². The Labute approximate surface area is 126 Å². The fourth-order valence-corrected chi connectivity index (χ4v) is 1.88. The lowest BCUT2D eigenvalue weighted by molar-refractivity contribution is 0.0955. The number of anilines is 1. The van der Waals surface area contributed by atoms with Crippen LogP contribution in [0.4, 0.5) is 5.69 Å². The molecule has 4 N–H and O–H groups in total. The topological polar surface area (TPSA) is 118 Å². The van der Waals surface area contributed by atoms with Crippen LogP contribution in [0, 0.1) is 6.92 Å². The SMILES string of the molecule is C/C(=N\NC(=O)c1ccccc1N)c1c(O)cc(C)oc1=O. The second-order valence-corrected chi connectivity index (χ2v) is 4.63. The van der Waals surface area contributed by atoms with Crippen LogP contribution in [0.5, 0.6) is 5.75 Å². The number of hydrogen-bond acceptors (Lipinski definition) is 6. The van der Waals surface area contributed by atoms with Crippen LogP contribution in [0.3, 0.4) is 0 Å². The summed E-state index contributed by atoms with van der Waals surface area (Å²) in [4.78, 5) is 23.7. The highest BCUT2D eigenvalue weighted by molar-refractivity contribution is 6.03. The Morgan fingerprint density at radius 1 is 1.36 bits per heavy atom. The maximum absolute atomic E-state index is 12.0. The summed E-state index contributed by atoms with van der Waals surface area (Å²) in [5, 5.41) is 13.6. The van der Waals surface area contributed by atoms with Crippen molar-refractivity contribution in [2.24, 2.45) is 5.10 Å². The van der Waals surface area contributed by atoms with Gasteiger partial charge in [-0.05, 0) is 26.0 Å². The van der Waals surface area contributed by atoms with E-state index in [9.17, 15) is 14.7 Å². The third-order valence-electron chi connectivity index (χ3n) is 2.95. The van der Waals surface area contributed by atoms with Crippen LogP contribution in [-0.2, 0) is 0 Å². The number of amides is 1. The summed E-state index contributed by atoms with van der Waals surface area (Å²) in [6, 6.07) is 7.81. The third kappa shape index (κ3) is 3.14. The van der Waals surface area contributed by atoms with Gasteiger partial charge in [0, 0.05) is 11.8 Å². The van der Waals surface area contributed by atoms with Crippen LogP contribution in [0.1, 0.15) is 28.6 Å². The molecular formula is C15H15N3O4. The summed E-state index contributed by atoms with van der Waals surface area (Å²) >= 11 is 0. The molecule has 1 aromatic carbocycles. The predicted molar refractivity (Wildman–Crippen MR) is 81.9 cm³/mol. The van der Waals surface area contributed by atoms with Gasteiger partial charge in [0.1, 0.15) is 17.1 Å². The van der Waals surface area contributed by atoms with Gasteiger partial charge in [0.05, 0.1) is 11.3 Å². The summed E-state index contributed by atoms with van der Waals surface area (Å²) < 4.78 is 4.89. The van der Waals surface area contributed by atoms with E-state index >= 15 is 0 Å². The summed E-state index contributed by atoms with van der Waals surface area (Å²) in [5.41, 5.74) is 7.83. The molecule has 0 saturated carbocycles. The van der Waals surface area contributed by atoms with Crippen LogP contribution in [0.25, 0.3) is 0 Å². The van der Waals surface area contributed by atoms with E-state index in [1.165, 1.54) is 19.9 Å². The van der Waals surface area contributed by atoms with Gasteiger partial charge in [-0.2, -0.15) is 5.10 Å². The molecular weight excluding hydrogens is 286 g/mol. The molecule has 0 radical (unpaired) electrons. The van der Waals surface area contributed by atoms with Gasteiger partial charge in [0.2, 0.25) is 0 Å². The molecule has 2 aromatic rings. The Morgan fingerprint density at radius 3 is 2.68 bits per heavy atom. The first-order chi connectivity index (χ1) is 10.4. The Kier molecular flexibility index (Phi) is 4.26. The van der Waals surface area contributed by atoms with Crippen LogP contribution >= 0.6 is 0 Å². The molecule has 0 spiro atoms. The van der Waals surface area contributed by atoms with E-state index in [0.717, 1.165) is 0 Å². The summed E-state index contributed by atoms with van der Waals surface area (Å²) in [7, 11) is 0. The van der Waals surface area contributed by atoms with Crippen molar-refractivity contribution in [3.05, 3.63) is 57.6 Å². The molecule has 0 unspecified atom stereocenters. The Balaban J connectivity index is 2.26. The van der Waals surface area contributed by atoms with Gasteiger partial charge in [0.15, 0.2) is 0 Å². The molecule has 0 aliphatic carbocycles. The number of carbonyl (C=O) groups is 1. The molecule has 0 aliphatic heterocycles. The number of aryl methyl sites for hydroxylation is 1. The van der Waals surface area contributed by atoms with Crippen LogP contribution in [-0.4, -0.2) is 16.7 Å². The zero-order chi connectivity index (χ0) is 16.3. The van der Waals surface area contributed by atoms with Gasteiger partial charge in [-0.15, -0.1) is 0 Å². The molecule has 7 nitrogen and oxygen atoms in total. The van der Waals surface area contributed by atoms with Crippen molar-refractivity contribution in [3.8, 4) is 5.75 Å². The van der Waals surface area contributed by atoms with Crippen LogP contribution in [0.2, 0.25) is 0 Å². The molecule has 0 bridgehead atoms. The third-order valence-corrected chi connectivity index (χ3v) is 2.95. The maximum atomic E-state index is 12.0. The normalized spacial score (nSPS) is 11.3. The van der Waals surface area contributed by atoms with Gasteiger partial charge in [-0.25, -0.2) is 10.2 Å². The fourth-order valence-electron chi connectivity index (χ4n) is 1.88. The van der Waals surface area contributed by atoms with Crippen LogP contribution in [0.15, 0.2) is 44.6 Å². The molecule has 1 amide bonds. The number of hydrazone groups is 1. The highest BCUT2D eigenvalue weighted by atomic mass is 16.4. The minimum absolute atomic E-state index is 0.105. The smallest absolute Gasteiger partial charge is 0.348 e. The average Bonchev–Trinajstić information content (AvgIpc) is 2.44. The molecule has 7 heteroatoms. The number of nitrogen functional groups attached to an aromatic ring is 1. The predicted octanol–water partition coefficient (Wildman–Crippen LogP) is 1.39. The quantitative estimate of drug-likeness (QED) is 0.450. The first-order valence-electron chi connectivity index (χ1n) is 6.43. The molecule has 2 rings (SSSR count). The maximum Gasteiger partial charge on any atom is 0.348 e. The number of hydrogen-bond donors (Lipinski definition) is 3. The zero-order valence-electron chi connectivity index (χ0n) is 12.1. The first kappa shape index (κ1) is 15.3. The van der Waals surface area contributed by atoms with Crippen molar-refractivity contribution in [3.63, 3.8) is 0 Å². The van der Waals surface area contributed by atoms with E-state index in [2.05, 4.69) is 10.5 Å². The number of aromatic hydroxyl groups is 1. The van der Waals surface area contributed by atoms with Gasteiger partial charge in [-0.1, -0.05) is 12.1 Å². The van der Waals surface area contributed by atoms with Crippen molar-refractivity contribution < 1.29 is 14.3 Å². The van der Waals surface area contributed by atoms with Crippen molar-refractivity contribution in [2.75, 3.05) is 5.73 Å². The van der Waals surface area contributed by atoms with E-state index in [1.54, 1.807) is 24.3 Å². The average molecular weight is 301 g/mol. The number of rotatable bonds is 3. The minimum atomic E-state index is -0.729. The molecule has 114 valence electrons. The number of para-hydroxylation sites is 1. The van der Waals surface area contributed by atoms with Crippen molar-refractivity contribution in [1.29, 1.82) is 0 Å². The molecule has 0 aliphatic rings. The fraction of sp³-hybridized carbons (Fsp3) is 0.133. The Morgan fingerprint density at radius 2 is 2.05 bits per heavy atom. The second-order valence-electron chi connectivity index (χ2n) is 4.63. The Hall–Kier alpha value is -3.09. The number of nitrogens with two attached hydrogens (primary N) is 1. The van der Waals surface area contributed by atoms with E-state index < -0.39 is 11.5 Å². The molecule has 22 heavy (non-hydrogen) atoms. The van der Waals surface area contributed by atoms with E-state index in [4.69, 9.17) is 10.2 Å². The van der Waals surface area contributed by atoms with E-state index in [1.807, 2.05) is 0 Å². The highest BCUT2D eigenvalue weighted by Gasteiger charge is 2.14. The lowest BCUT2D eigenvalue weighted by Crippen LogP contribution is -2.22. The van der Waals surface area contributed by atoms with Gasteiger partial charge in [-0.3, -0.25) is 4.79 Å². The van der Waals surface area contributed by atoms with Gasteiger partial charge in [0.25, 0.3) is 5.91 Å². The molecule has 0 saturated heterocycles. The van der Waals surface area contributed by atoms with Crippen LogP contribution < -0.4 is 16.8 Å². The van der Waals surface area contributed by atoms with E-state index in [-0.39, 0.29) is 28.3 Å². The van der Waals surface area contributed by atoms with Crippen molar-refractivity contribution in [1.82, 2.24) is 5.43 Å². The molecule has 0 fully saturated rings. The van der Waals surface area contributed by atoms with E-state index in [0.29, 0.717) is 5.69 Å². The number of nitrogens with zero attached hydrogens (tertiary/aromatic N) is 1. The lowest BCUT2D eigenvalue weighted by atomic mass is 10.1. The summed E-state index contributed by atoms with van der Waals surface area (Å²) in [6.45, 7) is 3.01. The summed E-state index contributed by atoms with van der Waals surface area (Å²) in [5.74, 6) is -0.503. The number of benzene rings is 1.